The van der Waals surface area contributed by atoms with Crippen molar-refractivity contribution < 1.29 is 22.3 Å². The number of carbonyl (C=O) groups excluding carboxylic acids is 1. The van der Waals surface area contributed by atoms with E-state index in [9.17, 15) is 17.6 Å². The molecule has 1 aliphatic heterocycles. The Kier molecular flexibility index (Phi) is 5.69. The maximum Gasteiger partial charge on any atom is 0.255 e. The summed E-state index contributed by atoms with van der Waals surface area (Å²) in [7, 11) is -3.64. The summed E-state index contributed by atoms with van der Waals surface area (Å²) in [5, 5.41) is 1.84. The molecule has 1 saturated heterocycles. The average molecular weight is 413 g/mol. The molecule has 0 saturated carbocycles. The molecule has 27 heavy (non-hydrogen) atoms. The van der Waals surface area contributed by atoms with Crippen LogP contribution in [-0.2, 0) is 14.8 Å². The maximum absolute atomic E-state index is 13.2. The number of anilines is 2. The van der Waals surface area contributed by atoms with Crippen LogP contribution in [0.15, 0.2) is 42.5 Å². The number of sulfonamides is 1. The van der Waals surface area contributed by atoms with Gasteiger partial charge in [-0.1, -0.05) is 17.7 Å². The summed E-state index contributed by atoms with van der Waals surface area (Å²) in [4.78, 5) is 12.4. The first-order valence-corrected chi connectivity index (χ1v) is 10.2. The molecule has 1 fully saturated rings. The molecule has 144 valence electrons. The molecule has 1 amide bonds. The molecule has 2 unspecified atom stereocenters. The lowest BCUT2D eigenvalue weighted by Gasteiger charge is -2.17. The second-order valence-electron chi connectivity index (χ2n) is 6.21. The van der Waals surface area contributed by atoms with Crippen LogP contribution in [0.3, 0.4) is 0 Å². The van der Waals surface area contributed by atoms with E-state index in [1.807, 2.05) is 0 Å². The SMILES string of the molecule is CC1OCCC1S(=O)(=O)Nc1cccc(C(=O)Nc2ccc(F)c(Cl)c2)c1. The number of nitrogens with one attached hydrogen (secondary N) is 2. The Morgan fingerprint density at radius 1 is 1.22 bits per heavy atom. The smallest absolute Gasteiger partial charge is 0.255 e. The first kappa shape index (κ1) is 19.6. The Morgan fingerprint density at radius 3 is 2.67 bits per heavy atom. The number of rotatable bonds is 5. The molecule has 2 N–H and O–H groups in total. The minimum atomic E-state index is -3.64. The number of amides is 1. The van der Waals surface area contributed by atoms with E-state index in [-0.39, 0.29) is 16.3 Å². The van der Waals surface area contributed by atoms with Crippen molar-refractivity contribution in [3.63, 3.8) is 0 Å². The Morgan fingerprint density at radius 2 is 2.00 bits per heavy atom. The first-order chi connectivity index (χ1) is 12.8. The normalized spacial score (nSPS) is 19.7. The predicted molar refractivity (Wildman–Crippen MR) is 102 cm³/mol. The van der Waals surface area contributed by atoms with Crippen molar-refractivity contribution >= 4 is 38.9 Å². The zero-order valence-electron chi connectivity index (χ0n) is 14.4. The Labute approximate surface area is 161 Å². The highest BCUT2D eigenvalue weighted by Gasteiger charge is 2.35. The van der Waals surface area contributed by atoms with E-state index in [2.05, 4.69) is 10.0 Å². The Bertz CT molecular complexity index is 968. The van der Waals surface area contributed by atoms with Crippen LogP contribution in [0.5, 0.6) is 0 Å². The van der Waals surface area contributed by atoms with Gasteiger partial charge in [0.05, 0.1) is 11.1 Å². The summed E-state index contributed by atoms with van der Waals surface area (Å²) in [6, 6.07) is 9.92. The Hall–Kier alpha value is -2.16. The van der Waals surface area contributed by atoms with Gasteiger partial charge in [0.15, 0.2) is 0 Å². The Balaban J connectivity index is 1.74. The zero-order chi connectivity index (χ0) is 19.6. The first-order valence-electron chi connectivity index (χ1n) is 8.26. The van der Waals surface area contributed by atoms with Gasteiger partial charge in [-0.25, -0.2) is 12.8 Å². The van der Waals surface area contributed by atoms with Gasteiger partial charge in [-0.3, -0.25) is 9.52 Å². The van der Waals surface area contributed by atoms with Crippen LogP contribution in [0.4, 0.5) is 15.8 Å². The summed E-state index contributed by atoms with van der Waals surface area (Å²) in [6.45, 7) is 2.12. The predicted octanol–water partition coefficient (Wildman–Crippen LogP) is 3.65. The van der Waals surface area contributed by atoms with Gasteiger partial charge in [-0.15, -0.1) is 0 Å². The molecule has 0 aliphatic carbocycles. The lowest BCUT2D eigenvalue weighted by Crippen LogP contribution is -2.33. The number of ether oxygens (including phenoxy) is 1. The standard InChI is InChI=1S/C18H18ClFN2O4S/c1-11-17(7-8-26-11)27(24,25)22-14-4-2-3-12(9-14)18(23)21-13-5-6-16(20)15(19)10-13/h2-6,9-11,17,22H,7-8H2,1H3,(H,21,23). The number of halogens is 2. The summed E-state index contributed by atoms with van der Waals surface area (Å²) in [6.07, 6.45) is 0.0272. The zero-order valence-corrected chi connectivity index (χ0v) is 16.0. The molecule has 0 bridgehead atoms. The van der Waals surface area contributed by atoms with Gasteiger partial charge < -0.3 is 10.1 Å². The molecule has 2 aromatic carbocycles. The summed E-state index contributed by atoms with van der Waals surface area (Å²) < 4.78 is 46.1. The molecule has 0 spiro atoms. The monoisotopic (exact) mass is 412 g/mol. The van der Waals surface area contributed by atoms with Gasteiger partial charge in [-0.2, -0.15) is 0 Å². The number of benzene rings is 2. The molecule has 3 rings (SSSR count). The molecular weight excluding hydrogens is 395 g/mol. The summed E-state index contributed by atoms with van der Waals surface area (Å²) in [5.74, 6) is -1.06. The third-order valence-corrected chi connectivity index (χ3v) is 6.49. The lowest BCUT2D eigenvalue weighted by atomic mass is 10.2. The van der Waals surface area contributed by atoms with Crippen LogP contribution in [0, 0.1) is 5.82 Å². The van der Waals surface area contributed by atoms with Crippen molar-refractivity contribution in [1.29, 1.82) is 0 Å². The minimum absolute atomic E-state index is 0.109. The number of carbonyl (C=O) groups is 1. The molecule has 2 atom stereocenters. The van der Waals surface area contributed by atoms with E-state index >= 15 is 0 Å². The van der Waals surface area contributed by atoms with E-state index in [0.717, 1.165) is 6.07 Å². The van der Waals surface area contributed by atoms with Crippen LogP contribution in [0.2, 0.25) is 5.02 Å². The van der Waals surface area contributed by atoms with Gasteiger partial charge in [0.25, 0.3) is 5.91 Å². The van der Waals surface area contributed by atoms with Crippen LogP contribution < -0.4 is 10.0 Å². The third kappa shape index (κ3) is 4.58. The molecule has 1 heterocycles. The number of hydrogen-bond acceptors (Lipinski definition) is 4. The molecule has 9 heteroatoms. The van der Waals surface area contributed by atoms with Crippen molar-refractivity contribution in [3.05, 3.63) is 58.9 Å². The van der Waals surface area contributed by atoms with Gasteiger partial charge >= 0.3 is 0 Å². The number of hydrogen-bond donors (Lipinski definition) is 2. The van der Waals surface area contributed by atoms with Crippen LogP contribution in [0.1, 0.15) is 23.7 Å². The maximum atomic E-state index is 13.2. The highest BCUT2D eigenvalue weighted by Crippen LogP contribution is 2.24. The van der Waals surface area contributed by atoms with E-state index in [0.29, 0.717) is 18.7 Å². The van der Waals surface area contributed by atoms with E-state index < -0.39 is 33.1 Å². The summed E-state index contributed by atoms with van der Waals surface area (Å²) >= 11 is 5.70. The second kappa shape index (κ2) is 7.84. The van der Waals surface area contributed by atoms with Crippen molar-refractivity contribution in [3.8, 4) is 0 Å². The van der Waals surface area contributed by atoms with E-state index in [1.165, 1.54) is 18.2 Å². The van der Waals surface area contributed by atoms with E-state index in [4.69, 9.17) is 16.3 Å². The average Bonchev–Trinajstić information content (AvgIpc) is 3.05. The topological polar surface area (TPSA) is 84.5 Å². The third-order valence-electron chi connectivity index (χ3n) is 4.27. The van der Waals surface area contributed by atoms with Gasteiger partial charge in [0.2, 0.25) is 10.0 Å². The molecule has 1 aliphatic rings. The van der Waals surface area contributed by atoms with Gasteiger partial charge in [-0.05, 0) is 49.7 Å². The molecular formula is C18H18ClFN2O4S. The van der Waals surface area contributed by atoms with Crippen LogP contribution in [-0.4, -0.2) is 32.3 Å². The van der Waals surface area contributed by atoms with E-state index in [1.54, 1.807) is 25.1 Å². The fraction of sp³-hybridized carbons (Fsp3) is 0.278. The van der Waals surface area contributed by atoms with Crippen LogP contribution >= 0.6 is 11.6 Å². The lowest BCUT2D eigenvalue weighted by molar-refractivity contribution is 0.102. The van der Waals surface area contributed by atoms with Crippen molar-refractivity contribution in [2.75, 3.05) is 16.6 Å². The quantitative estimate of drug-likeness (QED) is 0.785. The van der Waals surface area contributed by atoms with Gasteiger partial charge in [0, 0.05) is 23.5 Å². The molecule has 2 aromatic rings. The van der Waals surface area contributed by atoms with Crippen LogP contribution in [0.25, 0.3) is 0 Å². The van der Waals surface area contributed by atoms with Crippen molar-refractivity contribution in [2.24, 2.45) is 0 Å². The van der Waals surface area contributed by atoms with Gasteiger partial charge in [0.1, 0.15) is 11.1 Å². The highest BCUT2D eigenvalue weighted by molar-refractivity contribution is 7.93. The fourth-order valence-electron chi connectivity index (χ4n) is 2.86. The molecule has 0 aromatic heterocycles. The fourth-order valence-corrected chi connectivity index (χ4v) is 4.64. The van der Waals surface area contributed by atoms with Crippen molar-refractivity contribution in [2.45, 2.75) is 24.7 Å². The molecule has 0 radical (unpaired) electrons. The largest absolute Gasteiger partial charge is 0.377 e. The highest BCUT2D eigenvalue weighted by atomic mass is 35.5. The molecule has 6 nitrogen and oxygen atoms in total. The summed E-state index contributed by atoms with van der Waals surface area (Å²) in [5.41, 5.74) is 0.847. The second-order valence-corrected chi connectivity index (χ2v) is 8.52. The minimum Gasteiger partial charge on any atom is -0.377 e. The van der Waals surface area contributed by atoms with Crippen molar-refractivity contribution in [1.82, 2.24) is 0 Å².